The summed E-state index contributed by atoms with van der Waals surface area (Å²) >= 11 is 0. The number of halogens is 1. The van der Waals surface area contributed by atoms with E-state index in [4.69, 9.17) is 0 Å². The number of Topliss-reactive ketones (excluding diaryl/α,β-unsaturated/α-hetero) is 1. The molecule has 0 bridgehead atoms. The molecule has 0 N–H and O–H groups in total. The molecule has 0 aromatic heterocycles. The average molecular weight is 292 g/mol. The van der Waals surface area contributed by atoms with E-state index in [9.17, 15) is 4.79 Å². The maximum atomic E-state index is 15.4. The number of ketones is 1. The molecule has 3 aromatic rings. The number of hydrogen-bond donors (Lipinski definition) is 0. The third kappa shape index (κ3) is 2.41. The molecule has 0 spiro atoms. The van der Waals surface area contributed by atoms with E-state index in [2.05, 4.69) is 0 Å². The van der Waals surface area contributed by atoms with E-state index >= 15 is 4.39 Å². The molecule has 0 aliphatic carbocycles. The van der Waals surface area contributed by atoms with Gasteiger partial charge in [-0.05, 0) is 28.8 Å². The zero-order valence-corrected chi connectivity index (χ0v) is 12.4. The normalized spacial score (nSPS) is 13.7. The maximum absolute atomic E-state index is 15.4. The predicted octanol–water partition coefficient (Wildman–Crippen LogP) is 5.30. The molecule has 0 saturated heterocycles. The topological polar surface area (TPSA) is 17.1 Å². The molecule has 1 atom stereocenters. The lowest BCUT2D eigenvalue weighted by atomic mass is 9.85. The highest BCUT2D eigenvalue weighted by Crippen LogP contribution is 2.34. The van der Waals surface area contributed by atoms with Crippen LogP contribution in [0.3, 0.4) is 0 Å². The van der Waals surface area contributed by atoms with E-state index in [1.807, 2.05) is 36.4 Å². The van der Waals surface area contributed by atoms with E-state index in [1.165, 1.54) is 0 Å². The van der Waals surface area contributed by atoms with Crippen molar-refractivity contribution in [3.05, 3.63) is 83.9 Å². The lowest BCUT2D eigenvalue weighted by molar-refractivity contribution is 0.0666. The van der Waals surface area contributed by atoms with Gasteiger partial charge in [-0.15, -0.1) is 0 Å². The summed E-state index contributed by atoms with van der Waals surface area (Å²) in [5, 5.41) is 1.99. The molecule has 0 aliphatic rings. The maximum Gasteiger partial charge on any atom is 0.204 e. The van der Waals surface area contributed by atoms with Crippen LogP contribution in [0.4, 0.5) is 4.39 Å². The number of rotatable bonds is 4. The van der Waals surface area contributed by atoms with Crippen LogP contribution < -0.4 is 0 Å². The molecule has 0 radical (unpaired) electrons. The highest BCUT2D eigenvalue weighted by atomic mass is 19.1. The number of fused-ring (bicyclic) bond motifs is 1. The van der Waals surface area contributed by atoms with Crippen molar-refractivity contribution in [1.82, 2.24) is 0 Å². The second-order valence-corrected chi connectivity index (χ2v) is 5.41. The Labute approximate surface area is 129 Å². The highest BCUT2D eigenvalue weighted by Gasteiger charge is 2.39. The number of benzene rings is 3. The second kappa shape index (κ2) is 5.72. The molecule has 0 unspecified atom stereocenters. The van der Waals surface area contributed by atoms with Crippen LogP contribution >= 0.6 is 0 Å². The summed E-state index contributed by atoms with van der Waals surface area (Å²) in [6.45, 7) is 1.70. The van der Waals surface area contributed by atoms with Crippen LogP contribution in [0.25, 0.3) is 10.8 Å². The Bertz CT molecular complexity index is 810. The van der Waals surface area contributed by atoms with Crippen molar-refractivity contribution in [1.29, 1.82) is 0 Å². The first kappa shape index (κ1) is 14.5. The Kier molecular flexibility index (Phi) is 3.76. The Balaban J connectivity index is 2.06. The summed E-state index contributed by atoms with van der Waals surface area (Å²) in [6.07, 6.45) is 0.114. The molecular weight excluding hydrogens is 275 g/mol. The van der Waals surface area contributed by atoms with Gasteiger partial charge in [-0.1, -0.05) is 73.7 Å². The molecule has 0 saturated carbocycles. The quantitative estimate of drug-likeness (QED) is 0.596. The summed E-state index contributed by atoms with van der Waals surface area (Å²) in [6, 6.07) is 21.8. The number of alkyl halides is 1. The van der Waals surface area contributed by atoms with Gasteiger partial charge in [-0.2, -0.15) is 0 Å². The first-order valence-corrected chi connectivity index (χ1v) is 7.43. The fraction of sp³-hybridized carbons (Fsp3) is 0.150. The first-order valence-electron chi connectivity index (χ1n) is 7.43. The lowest BCUT2D eigenvalue weighted by Crippen LogP contribution is -2.30. The molecule has 0 amide bonds. The van der Waals surface area contributed by atoms with Crippen LogP contribution in [0.1, 0.15) is 29.3 Å². The van der Waals surface area contributed by atoms with Crippen LogP contribution in [-0.4, -0.2) is 5.78 Å². The Morgan fingerprint density at radius 3 is 2.23 bits per heavy atom. The molecule has 0 aliphatic heterocycles. The fourth-order valence-corrected chi connectivity index (χ4v) is 2.76. The molecular formula is C20H17FO. The molecule has 3 rings (SSSR count). The molecule has 2 heteroatoms. The standard InChI is InChI=1S/C20H17FO/c1-2-20(21,18-10-4-3-5-11-18)19(22)17-13-12-15-8-6-7-9-16(15)14-17/h3-14H,2H2,1H3/t20-/m0/s1. The number of carbonyl (C=O) groups excluding carboxylic acids is 1. The number of carbonyl (C=O) groups is 1. The zero-order chi connectivity index (χ0) is 15.6. The third-order valence-electron chi connectivity index (χ3n) is 4.09. The van der Waals surface area contributed by atoms with Gasteiger partial charge < -0.3 is 0 Å². The summed E-state index contributed by atoms with van der Waals surface area (Å²) in [5.74, 6) is -0.480. The predicted molar refractivity (Wildman–Crippen MR) is 87.8 cm³/mol. The summed E-state index contributed by atoms with van der Waals surface area (Å²) in [4.78, 5) is 12.8. The van der Waals surface area contributed by atoms with Crippen molar-refractivity contribution < 1.29 is 9.18 Å². The van der Waals surface area contributed by atoms with Gasteiger partial charge in [0.1, 0.15) is 0 Å². The van der Waals surface area contributed by atoms with Gasteiger partial charge in [-0.3, -0.25) is 4.79 Å². The lowest BCUT2D eigenvalue weighted by Gasteiger charge is -2.23. The Morgan fingerprint density at radius 1 is 0.909 bits per heavy atom. The van der Waals surface area contributed by atoms with Crippen molar-refractivity contribution >= 4 is 16.6 Å². The van der Waals surface area contributed by atoms with Crippen LogP contribution in [0.2, 0.25) is 0 Å². The van der Waals surface area contributed by atoms with Crippen molar-refractivity contribution in [2.24, 2.45) is 0 Å². The van der Waals surface area contributed by atoms with E-state index in [-0.39, 0.29) is 6.42 Å². The van der Waals surface area contributed by atoms with Crippen molar-refractivity contribution in [2.75, 3.05) is 0 Å². The molecule has 110 valence electrons. The van der Waals surface area contributed by atoms with Crippen molar-refractivity contribution in [2.45, 2.75) is 19.0 Å². The first-order chi connectivity index (χ1) is 10.6. The molecule has 0 fully saturated rings. The highest BCUT2D eigenvalue weighted by molar-refractivity contribution is 6.05. The molecule has 0 heterocycles. The minimum Gasteiger partial charge on any atom is -0.290 e. The van der Waals surface area contributed by atoms with Crippen molar-refractivity contribution in [3.63, 3.8) is 0 Å². The Morgan fingerprint density at radius 2 is 1.55 bits per heavy atom. The summed E-state index contributed by atoms with van der Waals surface area (Å²) in [7, 11) is 0. The van der Waals surface area contributed by atoms with Crippen LogP contribution in [0.15, 0.2) is 72.8 Å². The fourth-order valence-electron chi connectivity index (χ4n) is 2.76. The third-order valence-corrected chi connectivity index (χ3v) is 4.09. The van der Waals surface area contributed by atoms with Crippen LogP contribution in [0.5, 0.6) is 0 Å². The van der Waals surface area contributed by atoms with Gasteiger partial charge in [-0.25, -0.2) is 4.39 Å². The van der Waals surface area contributed by atoms with E-state index in [0.29, 0.717) is 11.1 Å². The van der Waals surface area contributed by atoms with Gasteiger partial charge >= 0.3 is 0 Å². The molecule has 3 aromatic carbocycles. The van der Waals surface area contributed by atoms with Crippen LogP contribution in [-0.2, 0) is 5.67 Å². The minimum absolute atomic E-state index is 0.114. The second-order valence-electron chi connectivity index (χ2n) is 5.41. The van der Waals surface area contributed by atoms with Gasteiger partial charge in [0.25, 0.3) is 0 Å². The van der Waals surface area contributed by atoms with Gasteiger partial charge in [0.2, 0.25) is 5.78 Å². The smallest absolute Gasteiger partial charge is 0.204 e. The van der Waals surface area contributed by atoms with Gasteiger partial charge in [0.15, 0.2) is 5.67 Å². The number of hydrogen-bond acceptors (Lipinski definition) is 1. The average Bonchev–Trinajstić information content (AvgIpc) is 2.60. The van der Waals surface area contributed by atoms with E-state index in [0.717, 1.165) is 10.8 Å². The van der Waals surface area contributed by atoms with E-state index < -0.39 is 11.5 Å². The largest absolute Gasteiger partial charge is 0.290 e. The summed E-state index contributed by atoms with van der Waals surface area (Å²) in [5.41, 5.74) is -1.16. The van der Waals surface area contributed by atoms with Crippen LogP contribution in [0, 0.1) is 0 Å². The minimum atomic E-state index is -1.98. The molecule has 1 nitrogen and oxygen atoms in total. The van der Waals surface area contributed by atoms with E-state index in [1.54, 1.807) is 43.3 Å². The SMILES string of the molecule is CC[C@@](F)(C(=O)c1ccc2ccccc2c1)c1ccccc1. The van der Waals surface area contributed by atoms with Crippen molar-refractivity contribution in [3.8, 4) is 0 Å². The molecule has 22 heavy (non-hydrogen) atoms. The van der Waals surface area contributed by atoms with Gasteiger partial charge in [0.05, 0.1) is 0 Å². The zero-order valence-electron chi connectivity index (χ0n) is 12.4. The Hall–Kier alpha value is -2.48. The van der Waals surface area contributed by atoms with Gasteiger partial charge in [0, 0.05) is 5.56 Å². The summed E-state index contributed by atoms with van der Waals surface area (Å²) < 4.78 is 15.4. The monoisotopic (exact) mass is 292 g/mol.